The van der Waals surface area contributed by atoms with Crippen molar-refractivity contribution in [3.63, 3.8) is 0 Å². The Bertz CT molecular complexity index is 275. The lowest BCUT2D eigenvalue weighted by Crippen LogP contribution is -2.28. The molecule has 0 spiro atoms. The molecule has 0 bridgehead atoms. The van der Waals surface area contributed by atoms with Gasteiger partial charge in [0.2, 0.25) is 5.82 Å². The van der Waals surface area contributed by atoms with Crippen LogP contribution in [0.3, 0.4) is 0 Å². The fourth-order valence-electron chi connectivity index (χ4n) is 0.880. The highest BCUT2D eigenvalue weighted by molar-refractivity contribution is 5.90. The van der Waals surface area contributed by atoms with E-state index in [1.54, 1.807) is 7.11 Å². The summed E-state index contributed by atoms with van der Waals surface area (Å²) in [4.78, 5) is 15.0. The topological polar surface area (TPSA) is 89.1 Å². The number of aromatic amines is 1. The van der Waals surface area contributed by atoms with Gasteiger partial charge in [-0.05, 0) is 0 Å². The normalized spacial score (nSPS) is 10.2. The molecule has 0 radical (unpaired) electrons. The lowest BCUT2D eigenvalue weighted by molar-refractivity contribution is 0.0691. The van der Waals surface area contributed by atoms with Gasteiger partial charge in [0.25, 0.3) is 5.91 Å². The molecule has 7 heteroatoms. The number of carbonyl (C=O) groups excluding carboxylic acids is 1. The maximum Gasteiger partial charge on any atom is 0.288 e. The number of carbonyl (C=O) groups is 1. The SMILES string of the molecule is COCCOCCNC(=O)c1ncn[nH]1. The molecule has 84 valence electrons. The van der Waals surface area contributed by atoms with Crippen LogP contribution in [0.2, 0.25) is 0 Å². The first-order valence-electron chi connectivity index (χ1n) is 4.55. The average Bonchev–Trinajstić information content (AvgIpc) is 2.76. The van der Waals surface area contributed by atoms with E-state index in [0.717, 1.165) is 0 Å². The monoisotopic (exact) mass is 214 g/mol. The molecular weight excluding hydrogens is 200 g/mol. The van der Waals surface area contributed by atoms with Gasteiger partial charge < -0.3 is 14.8 Å². The average molecular weight is 214 g/mol. The van der Waals surface area contributed by atoms with Crippen LogP contribution in [-0.2, 0) is 9.47 Å². The molecule has 2 N–H and O–H groups in total. The summed E-state index contributed by atoms with van der Waals surface area (Å²) in [5, 5.41) is 8.65. The van der Waals surface area contributed by atoms with Crippen LogP contribution < -0.4 is 5.32 Å². The van der Waals surface area contributed by atoms with E-state index in [9.17, 15) is 4.79 Å². The predicted octanol–water partition coefficient (Wildman–Crippen LogP) is -0.802. The Morgan fingerprint density at radius 3 is 3.07 bits per heavy atom. The first-order chi connectivity index (χ1) is 7.34. The lowest BCUT2D eigenvalue weighted by Gasteiger charge is -2.04. The molecule has 0 atom stereocenters. The van der Waals surface area contributed by atoms with E-state index in [2.05, 4.69) is 20.5 Å². The van der Waals surface area contributed by atoms with E-state index >= 15 is 0 Å². The molecule has 0 aliphatic rings. The number of rotatable bonds is 7. The molecule has 1 aromatic heterocycles. The quantitative estimate of drug-likeness (QED) is 0.580. The number of methoxy groups -OCH3 is 1. The van der Waals surface area contributed by atoms with Gasteiger partial charge in [-0.3, -0.25) is 9.89 Å². The van der Waals surface area contributed by atoms with Crippen molar-refractivity contribution in [2.75, 3.05) is 33.5 Å². The van der Waals surface area contributed by atoms with Crippen molar-refractivity contribution in [1.29, 1.82) is 0 Å². The molecule has 0 aromatic carbocycles. The highest BCUT2D eigenvalue weighted by Gasteiger charge is 2.06. The number of amides is 1. The largest absolute Gasteiger partial charge is 0.382 e. The second-order valence-corrected chi connectivity index (χ2v) is 2.70. The molecule has 0 aliphatic carbocycles. The second-order valence-electron chi connectivity index (χ2n) is 2.70. The summed E-state index contributed by atoms with van der Waals surface area (Å²) in [5.74, 6) is -0.0882. The van der Waals surface area contributed by atoms with E-state index in [4.69, 9.17) is 9.47 Å². The first-order valence-corrected chi connectivity index (χ1v) is 4.55. The van der Waals surface area contributed by atoms with Gasteiger partial charge in [0, 0.05) is 13.7 Å². The minimum atomic E-state index is -0.289. The van der Waals surface area contributed by atoms with Crippen LogP contribution in [0, 0.1) is 0 Å². The fourth-order valence-corrected chi connectivity index (χ4v) is 0.880. The summed E-state index contributed by atoms with van der Waals surface area (Å²) in [6.45, 7) is 1.96. The van der Waals surface area contributed by atoms with Crippen LogP contribution in [-0.4, -0.2) is 54.6 Å². The number of ether oxygens (including phenoxy) is 2. The minimum absolute atomic E-state index is 0.201. The summed E-state index contributed by atoms with van der Waals surface area (Å²) in [7, 11) is 1.61. The van der Waals surface area contributed by atoms with Crippen LogP contribution in [0.25, 0.3) is 0 Å². The van der Waals surface area contributed by atoms with Crippen molar-refractivity contribution in [1.82, 2.24) is 20.5 Å². The van der Waals surface area contributed by atoms with E-state index < -0.39 is 0 Å². The zero-order valence-corrected chi connectivity index (χ0v) is 8.52. The van der Waals surface area contributed by atoms with Gasteiger partial charge >= 0.3 is 0 Å². The Hall–Kier alpha value is -1.47. The van der Waals surface area contributed by atoms with Gasteiger partial charge in [-0.2, -0.15) is 5.10 Å². The first kappa shape index (κ1) is 11.6. The third-order valence-electron chi connectivity index (χ3n) is 1.59. The van der Waals surface area contributed by atoms with Crippen molar-refractivity contribution in [2.24, 2.45) is 0 Å². The molecule has 15 heavy (non-hydrogen) atoms. The zero-order chi connectivity index (χ0) is 10.9. The van der Waals surface area contributed by atoms with Crippen molar-refractivity contribution < 1.29 is 14.3 Å². The standard InChI is InChI=1S/C8H14N4O3/c1-14-4-5-15-3-2-9-8(13)7-10-6-11-12-7/h6H,2-5H2,1H3,(H,9,13)(H,10,11,12). The van der Waals surface area contributed by atoms with Crippen molar-refractivity contribution in [3.8, 4) is 0 Å². The molecule has 0 saturated heterocycles. The van der Waals surface area contributed by atoms with Gasteiger partial charge in [-0.1, -0.05) is 0 Å². The summed E-state index contributed by atoms with van der Waals surface area (Å²) >= 11 is 0. The smallest absolute Gasteiger partial charge is 0.288 e. The number of nitrogens with one attached hydrogen (secondary N) is 2. The third kappa shape index (κ3) is 4.52. The second kappa shape index (κ2) is 6.91. The third-order valence-corrected chi connectivity index (χ3v) is 1.59. The summed E-state index contributed by atoms with van der Waals surface area (Å²) in [5.41, 5.74) is 0. The van der Waals surface area contributed by atoms with Gasteiger partial charge in [0.05, 0.1) is 19.8 Å². The molecule has 0 saturated carbocycles. The summed E-state index contributed by atoms with van der Waals surface area (Å²) in [6, 6.07) is 0. The summed E-state index contributed by atoms with van der Waals surface area (Å²) < 4.78 is 9.95. The molecule has 7 nitrogen and oxygen atoms in total. The van der Waals surface area contributed by atoms with Crippen molar-refractivity contribution in [2.45, 2.75) is 0 Å². The maximum absolute atomic E-state index is 11.3. The highest BCUT2D eigenvalue weighted by atomic mass is 16.5. The lowest BCUT2D eigenvalue weighted by atomic mass is 10.5. The maximum atomic E-state index is 11.3. The van der Waals surface area contributed by atoms with Crippen LogP contribution in [0.5, 0.6) is 0 Å². The predicted molar refractivity (Wildman–Crippen MR) is 51.4 cm³/mol. The van der Waals surface area contributed by atoms with Crippen molar-refractivity contribution >= 4 is 5.91 Å². The van der Waals surface area contributed by atoms with Gasteiger partial charge in [-0.25, -0.2) is 4.98 Å². The van der Waals surface area contributed by atoms with E-state index in [-0.39, 0.29) is 11.7 Å². The molecule has 1 rings (SSSR count). The van der Waals surface area contributed by atoms with Gasteiger partial charge in [0.1, 0.15) is 6.33 Å². The van der Waals surface area contributed by atoms with Crippen molar-refractivity contribution in [3.05, 3.63) is 12.2 Å². The molecule has 1 amide bonds. The van der Waals surface area contributed by atoms with E-state index in [0.29, 0.717) is 26.4 Å². The highest BCUT2D eigenvalue weighted by Crippen LogP contribution is 1.84. The summed E-state index contributed by atoms with van der Waals surface area (Å²) in [6.07, 6.45) is 1.28. The van der Waals surface area contributed by atoms with Gasteiger partial charge in [0.15, 0.2) is 0 Å². The molecule has 0 fully saturated rings. The Labute approximate surface area is 87.2 Å². The Kier molecular flexibility index (Phi) is 5.34. The fraction of sp³-hybridized carbons (Fsp3) is 0.625. The molecule has 1 heterocycles. The van der Waals surface area contributed by atoms with Gasteiger partial charge in [-0.15, -0.1) is 0 Å². The van der Waals surface area contributed by atoms with Crippen LogP contribution >= 0.6 is 0 Å². The zero-order valence-electron chi connectivity index (χ0n) is 8.52. The molecule has 0 aliphatic heterocycles. The number of hydrogen-bond acceptors (Lipinski definition) is 5. The van der Waals surface area contributed by atoms with E-state index in [1.807, 2.05) is 0 Å². The Morgan fingerprint density at radius 2 is 2.40 bits per heavy atom. The Balaban J connectivity index is 2.03. The molecular formula is C8H14N4O3. The number of H-pyrrole nitrogens is 1. The minimum Gasteiger partial charge on any atom is -0.382 e. The number of hydrogen-bond donors (Lipinski definition) is 2. The van der Waals surface area contributed by atoms with Crippen LogP contribution in [0.4, 0.5) is 0 Å². The van der Waals surface area contributed by atoms with Crippen LogP contribution in [0.15, 0.2) is 6.33 Å². The van der Waals surface area contributed by atoms with Crippen LogP contribution in [0.1, 0.15) is 10.6 Å². The van der Waals surface area contributed by atoms with E-state index in [1.165, 1.54) is 6.33 Å². The molecule has 0 unspecified atom stereocenters. The molecule has 1 aromatic rings. The number of aromatic nitrogens is 3. The number of nitrogens with zero attached hydrogens (tertiary/aromatic N) is 2. The Morgan fingerprint density at radius 1 is 1.53 bits per heavy atom.